The lowest BCUT2D eigenvalue weighted by Gasteiger charge is -2.26. The molecule has 0 radical (unpaired) electrons. The molecule has 5 rings (SSSR count). The number of hydrogen-bond donors (Lipinski definition) is 1. The van der Waals surface area contributed by atoms with Gasteiger partial charge in [-0.15, -0.1) is 0 Å². The van der Waals surface area contributed by atoms with Crippen molar-refractivity contribution in [1.82, 2.24) is 5.32 Å². The van der Waals surface area contributed by atoms with Crippen LogP contribution in [0.1, 0.15) is 34.0 Å². The SMILES string of the molecule is CCOc1cc(/C=C2\C(=O)NC(=O)N(c3ccc(C(=O)OC)cc3)C2=O)cc(Br)c1OCc1c(C)ccc2ccccc12. The molecule has 1 aliphatic heterocycles. The van der Waals surface area contributed by atoms with E-state index in [4.69, 9.17) is 14.2 Å². The van der Waals surface area contributed by atoms with E-state index < -0.39 is 23.8 Å². The number of aryl methyl sites for hydroxylation is 1. The molecule has 1 fully saturated rings. The summed E-state index contributed by atoms with van der Waals surface area (Å²) >= 11 is 3.57. The largest absolute Gasteiger partial charge is 0.490 e. The van der Waals surface area contributed by atoms with Gasteiger partial charge < -0.3 is 14.2 Å². The number of nitrogens with one attached hydrogen (secondary N) is 1. The standard InChI is InChI=1S/C33H27BrN2O7/c1-4-42-28-17-20(16-27(34)29(28)43-18-26-19(2)9-10-21-7-5-6-8-24(21)26)15-25-30(37)35-33(40)36(31(25)38)23-13-11-22(12-14-23)32(39)41-3/h5-17H,4,18H2,1-3H3,(H,35,37,40)/b25-15+. The Morgan fingerprint density at radius 2 is 1.72 bits per heavy atom. The molecule has 4 amide bonds. The zero-order chi connectivity index (χ0) is 30.7. The molecule has 4 aromatic rings. The molecule has 1 aliphatic rings. The maximum Gasteiger partial charge on any atom is 0.337 e. The van der Waals surface area contributed by atoms with Crippen LogP contribution in [0.5, 0.6) is 11.5 Å². The molecule has 1 N–H and O–H groups in total. The summed E-state index contributed by atoms with van der Waals surface area (Å²) in [6.07, 6.45) is 1.38. The molecular formula is C33H27BrN2O7. The smallest absolute Gasteiger partial charge is 0.337 e. The molecule has 0 aromatic heterocycles. The Morgan fingerprint density at radius 1 is 0.977 bits per heavy atom. The highest BCUT2D eigenvalue weighted by atomic mass is 79.9. The number of fused-ring (bicyclic) bond motifs is 1. The first-order valence-corrected chi connectivity index (χ1v) is 14.2. The second kappa shape index (κ2) is 12.5. The van der Waals surface area contributed by atoms with Crippen LogP contribution in [0.4, 0.5) is 10.5 Å². The summed E-state index contributed by atoms with van der Waals surface area (Å²) in [4.78, 5) is 51.4. The molecule has 9 nitrogen and oxygen atoms in total. The molecule has 43 heavy (non-hydrogen) atoms. The maximum atomic E-state index is 13.4. The molecule has 0 saturated carbocycles. The van der Waals surface area contributed by atoms with E-state index in [1.54, 1.807) is 12.1 Å². The minimum Gasteiger partial charge on any atom is -0.490 e. The predicted molar refractivity (Wildman–Crippen MR) is 165 cm³/mol. The highest BCUT2D eigenvalue weighted by Gasteiger charge is 2.37. The van der Waals surface area contributed by atoms with E-state index in [2.05, 4.69) is 45.5 Å². The highest BCUT2D eigenvalue weighted by Crippen LogP contribution is 2.39. The number of halogens is 1. The van der Waals surface area contributed by atoms with Gasteiger partial charge in [0.15, 0.2) is 11.5 Å². The molecule has 0 aliphatic carbocycles. The van der Waals surface area contributed by atoms with E-state index in [9.17, 15) is 19.2 Å². The van der Waals surface area contributed by atoms with E-state index >= 15 is 0 Å². The quantitative estimate of drug-likeness (QED) is 0.136. The molecule has 0 atom stereocenters. The monoisotopic (exact) mass is 642 g/mol. The molecular weight excluding hydrogens is 616 g/mol. The van der Waals surface area contributed by atoms with Crippen LogP contribution in [0.25, 0.3) is 16.8 Å². The summed E-state index contributed by atoms with van der Waals surface area (Å²) in [6.45, 7) is 4.51. The van der Waals surface area contributed by atoms with Crippen molar-refractivity contribution in [3.8, 4) is 11.5 Å². The molecule has 0 unspecified atom stereocenters. The third-order valence-corrected chi connectivity index (χ3v) is 7.52. The van der Waals surface area contributed by atoms with Crippen LogP contribution in [0.15, 0.2) is 82.8 Å². The number of anilines is 1. The number of amides is 4. The normalized spacial score (nSPS) is 14.2. The minimum atomic E-state index is -0.901. The van der Waals surface area contributed by atoms with E-state index in [0.717, 1.165) is 26.8 Å². The molecule has 1 saturated heterocycles. The summed E-state index contributed by atoms with van der Waals surface area (Å²) in [5, 5.41) is 4.41. The number of rotatable bonds is 8. The highest BCUT2D eigenvalue weighted by molar-refractivity contribution is 9.10. The molecule has 0 spiro atoms. The number of urea groups is 1. The van der Waals surface area contributed by atoms with Crippen LogP contribution in [-0.4, -0.2) is 37.5 Å². The zero-order valence-corrected chi connectivity index (χ0v) is 25.2. The summed E-state index contributed by atoms with van der Waals surface area (Å²) in [6, 6.07) is 20.4. The molecule has 1 heterocycles. The topological polar surface area (TPSA) is 111 Å². The first kappa shape index (κ1) is 29.5. The van der Waals surface area contributed by atoms with Crippen LogP contribution < -0.4 is 19.7 Å². The Hall–Kier alpha value is -4.96. The van der Waals surface area contributed by atoms with Crippen LogP contribution in [0, 0.1) is 6.92 Å². The van der Waals surface area contributed by atoms with Gasteiger partial charge in [-0.3, -0.25) is 14.9 Å². The second-order valence-electron chi connectivity index (χ2n) is 9.63. The number of benzene rings is 4. The summed E-state index contributed by atoms with van der Waals surface area (Å²) < 4.78 is 17.4. The van der Waals surface area contributed by atoms with Gasteiger partial charge in [0.05, 0.1) is 29.4 Å². The van der Waals surface area contributed by atoms with Crippen LogP contribution in [0.3, 0.4) is 0 Å². The molecule has 218 valence electrons. The third kappa shape index (κ3) is 6.00. The van der Waals surface area contributed by atoms with Crippen molar-refractivity contribution in [3.05, 3.63) is 105 Å². The fraction of sp³-hybridized carbons (Fsp3) is 0.152. The van der Waals surface area contributed by atoms with Crippen molar-refractivity contribution in [1.29, 1.82) is 0 Å². The average Bonchev–Trinajstić information content (AvgIpc) is 2.99. The number of imide groups is 2. The van der Waals surface area contributed by atoms with Crippen molar-refractivity contribution in [2.75, 3.05) is 18.6 Å². The van der Waals surface area contributed by atoms with Gasteiger partial charge in [0.1, 0.15) is 12.2 Å². The van der Waals surface area contributed by atoms with Crippen molar-refractivity contribution in [3.63, 3.8) is 0 Å². The number of carbonyl (C=O) groups excluding carboxylic acids is 4. The molecule has 10 heteroatoms. The fourth-order valence-corrected chi connectivity index (χ4v) is 5.35. The van der Waals surface area contributed by atoms with Gasteiger partial charge in [-0.25, -0.2) is 14.5 Å². The predicted octanol–water partition coefficient (Wildman–Crippen LogP) is 6.34. The van der Waals surface area contributed by atoms with Gasteiger partial charge >= 0.3 is 12.0 Å². The van der Waals surface area contributed by atoms with Crippen LogP contribution in [-0.2, 0) is 20.9 Å². The average molecular weight is 643 g/mol. The van der Waals surface area contributed by atoms with Crippen LogP contribution in [0.2, 0.25) is 0 Å². The molecule has 0 bridgehead atoms. The Bertz CT molecular complexity index is 1800. The Labute approximate surface area is 256 Å². The minimum absolute atomic E-state index is 0.178. The lowest BCUT2D eigenvalue weighted by molar-refractivity contribution is -0.122. The zero-order valence-electron chi connectivity index (χ0n) is 23.6. The first-order chi connectivity index (χ1) is 20.7. The Balaban J connectivity index is 1.45. The number of ether oxygens (including phenoxy) is 3. The lowest BCUT2D eigenvalue weighted by Crippen LogP contribution is -2.54. The van der Waals surface area contributed by atoms with Gasteiger partial charge in [0, 0.05) is 5.56 Å². The number of esters is 1. The number of carbonyl (C=O) groups is 4. The van der Waals surface area contributed by atoms with E-state index in [-0.39, 0.29) is 16.8 Å². The van der Waals surface area contributed by atoms with E-state index in [0.29, 0.717) is 34.7 Å². The van der Waals surface area contributed by atoms with E-state index in [1.807, 2.05) is 26.0 Å². The van der Waals surface area contributed by atoms with Gasteiger partial charge in [0.2, 0.25) is 0 Å². The summed E-state index contributed by atoms with van der Waals surface area (Å²) in [7, 11) is 1.25. The van der Waals surface area contributed by atoms with Gasteiger partial charge in [0.25, 0.3) is 11.8 Å². The Morgan fingerprint density at radius 3 is 2.44 bits per heavy atom. The van der Waals surface area contributed by atoms with Gasteiger partial charge in [-0.05, 0) is 94.2 Å². The van der Waals surface area contributed by atoms with Gasteiger partial charge in [-0.2, -0.15) is 0 Å². The Kier molecular flexibility index (Phi) is 8.58. The fourth-order valence-electron chi connectivity index (χ4n) is 4.78. The maximum absolute atomic E-state index is 13.4. The van der Waals surface area contributed by atoms with Crippen molar-refractivity contribution in [2.24, 2.45) is 0 Å². The van der Waals surface area contributed by atoms with E-state index in [1.165, 1.54) is 37.5 Å². The van der Waals surface area contributed by atoms with Crippen LogP contribution >= 0.6 is 15.9 Å². The van der Waals surface area contributed by atoms with Crippen molar-refractivity contribution in [2.45, 2.75) is 20.5 Å². The van der Waals surface area contributed by atoms with Crippen molar-refractivity contribution < 1.29 is 33.4 Å². The van der Waals surface area contributed by atoms with Crippen molar-refractivity contribution >= 4 is 62.3 Å². The number of barbiturate groups is 1. The van der Waals surface area contributed by atoms with Gasteiger partial charge in [-0.1, -0.05) is 36.4 Å². The third-order valence-electron chi connectivity index (χ3n) is 6.93. The second-order valence-corrected chi connectivity index (χ2v) is 10.5. The number of methoxy groups -OCH3 is 1. The summed E-state index contributed by atoms with van der Waals surface area (Å²) in [5.74, 6) is -1.33. The first-order valence-electron chi connectivity index (χ1n) is 13.4. The number of nitrogens with zero attached hydrogens (tertiary/aromatic N) is 1. The molecule has 4 aromatic carbocycles. The number of hydrogen-bond acceptors (Lipinski definition) is 7. The lowest BCUT2D eigenvalue weighted by atomic mass is 10.0. The summed E-state index contributed by atoms with van der Waals surface area (Å²) in [5.41, 5.74) is 2.78.